The number of nitrogens with one attached hydrogen (secondary N) is 1. The van der Waals surface area contributed by atoms with E-state index < -0.39 is 12.0 Å². The van der Waals surface area contributed by atoms with E-state index in [9.17, 15) is 9.59 Å². The number of carboxylic acids is 1. The van der Waals surface area contributed by atoms with Gasteiger partial charge in [0.15, 0.2) is 0 Å². The smallest absolute Gasteiger partial charge is 0.327 e. The minimum absolute atomic E-state index is 0.128. The molecule has 1 aliphatic heterocycles. The number of amides is 1. The van der Waals surface area contributed by atoms with Gasteiger partial charge in [-0.15, -0.1) is 0 Å². The molecule has 1 saturated heterocycles. The van der Waals surface area contributed by atoms with Gasteiger partial charge in [0, 0.05) is 24.7 Å². The van der Waals surface area contributed by atoms with Crippen LogP contribution < -0.4 is 5.32 Å². The lowest BCUT2D eigenvalue weighted by Crippen LogP contribution is -2.57. The van der Waals surface area contributed by atoms with Crippen molar-refractivity contribution < 1.29 is 14.7 Å². The van der Waals surface area contributed by atoms with Crippen LogP contribution in [0.2, 0.25) is 5.02 Å². The van der Waals surface area contributed by atoms with Crippen LogP contribution in [0.25, 0.3) is 0 Å². The molecule has 1 fully saturated rings. The van der Waals surface area contributed by atoms with Gasteiger partial charge < -0.3 is 15.3 Å². The second-order valence-electron chi connectivity index (χ2n) is 4.41. The normalized spacial score (nSPS) is 19.2. The van der Waals surface area contributed by atoms with Gasteiger partial charge >= 0.3 is 5.97 Å². The third-order valence-electron chi connectivity index (χ3n) is 3.15. The van der Waals surface area contributed by atoms with Crippen molar-refractivity contribution in [1.29, 1.82) is 0 Å². The van der Waals surface area contributed by atoms with Crippen molar-refractivity contribution in [2.24, 2.45) is 0 Å². The fraction of sp³-hybridized carbons (Fsp3) is 0.385. The van der Waals surface area contributed by atoms with Crippen LogP contribution in [-0.4, -0.2) is 47.6 Å². The summed E-state index contributed by atoms with van der Waals surface area (Å²) in [6.45, 7) is 1.29. The van der Waals surface area contributed by atoms with Crippen molar-refractivity contribution in [2.75, 3.05) is 19.6 Å². The van der Waals surface area contributed by atoms with Crippen molar-refractivity contribution in [2.45, 2.75) is 12.5 Å². The molecule has 1 aliphatic rings. The van der Waals surface area contributed by atoms with E-state index in [2.05, 4.69) is 5.32 Å². The number of halogens is 1. The Bertz CT molecular complexity index is 493. The predicted molar refractivity (Wildman–Crippen MR) is 71.2 cm³/mol. The number of carbonyl (C=O) groups is 2. The third kappa shape index (κ3) is 3.24. The molecular formula is C13H15ClN2O3. The van der Waals surface area contributed by atoms with E-state index in [1.807, 2.05) is 0 Å². The van der Waals surface area contributed by atoms with Crippen molar-refractivity contribution in [1.82, 2.24) is 10.2 Å². The second-order valence-corrected chi connectivity index (χ2v) is 4.82. The molecule has 1 atom stereocenters. The highest BCUT2D eigenvalue weighted by Crippen LogP contribution is 2.17. The molecule has 2 N–H and O–H groups in total. The number of hydrogen-bond acceptors (Lipinski definition) is 3. The highest BCUT2D eigenvalue weighted by Gasteiger charge is 2.31. The van der Waals surface area contributed by atoms with E-state index in [0.717, 1.165) is 5.56 Å². The Morgan fingerprint density at radius 2 is 2.16 bits per heavy atom. The Morgan fingerprint density at radius 1 is 1.42 bits per heavy atom. The van der Waals surface area contributed by atoms with Crippen LogP contribution >= 0.6 is 11.6 Å². The van der Waals surface area contributed by atoms with Gasteiger partial charge in [0.05, 0.1) is 6.42 Å². The Hall–Kier alpha value is -1.59. The SMILES string of the molecule is O=C(O)C1CNCCN1C(=O)Cc1ccccc1Cl. The van der Waals surface area contributed by atoms with Gasteiger partial charge in [0.25, 0.3) is 0 Å². The Balaban J connectivity index is 2.10. The molecule has 0 aliphatic carbocycles. The molecule has 0 bridgehead atoms. The summed E-state index contributed by atoms with van der Waals surface area (Å²) >= 11 is 6.01. The third-order valence-corrected chi connectivity index (χ3v) is 3.52. The number of nitrogens with zero attached hydrogens (tertiary/aromatic N) is 1. The number of piperazine rings is 1. The molecule has 1 heterocycles. The summed E-state index contributed by atoms with van der Waals surface area (Å²) in [4.78, 5) is 24.7. The molecule has 1 unspecified atom stereocenters. The van der Waals surface area contributed by atoms with Gasteiger partial charge in [0.2, 0.25) is 5.91 Å². The maximum Gasteiger partial charge on any atom is 0.327 e. The summed E-state index contributed by atoms with van der Waals surface area (Å²) in [5, 5.41) is 12.6. The van der Waals surface area contributed by atoms with Crippen LogP contribution in [0, 0.1) is 0 Å². The van der Waals surface area contributed by atoms with Crippen LogP contribution in [0.15, 0.2) is 24.3 Å². The zero-order chi connectivity index (χ0) is 13.8. The van der Waals surface area contributed by atoms with Gasteiger partial charge in [-0.1, -0.05) is 29.8 Å². The zero-order valence-corrected chi connectivity index (χ0v) is 11.1. The molecule has 0 radical (unpaired) electrons. The van der Waals surface area contributed by atoms with Crippen LogP contribution in [0.4, 0.5) is 0 Å². The highest BCUT2D eigenvalue weighted by atomic mass is 35.5. The van der Waals surface area contributed by atoms with Crippen LogP contribution in [0.3, 0.4) is 0 Å². The first-order valence-corrected chi connectivity index (χ1v) is 6.44. The van der Waals surface area contributed by atoms with E-state index in [0.29, 0.717) is 18.1 Å². The first kappa shape index (κ1) is 13.8. The van der Waals surface area contributed by atoms with Gasteiger partial charge in [-0.2, -0.15) is 0 Å². The van der Waals surface area contributed by atoms with Crippen LogP contribution in [0.5, 0.6) is 0 Å². The molecule has 5 nitrogen and oxygen atoms in total. The summed E-state index contributed by atoms with van der Waals surface area (Å²) < 4.78 is 0. The molecule has 19 heavy (non-hydrogen) atoms. The monoisotopic (exact) mass is 282 g/mol. The van der Waals surface area contributed by atoms with Crippen molar-refractivity contribution >= 4 is 23.5 Å². The molecule has 6 heteroatoms. The Morgan fingerprint density at radius 3 is 2.84 bits per heavy atom. The maximum absolute atomic E-state index is 12.2. The minimum atomic E-state index is -0.986. The van der Waals surface area contributed by atoms with E-state index in [1.54, 1.807) is 24.3 Å². The Kier molecular flexibility index (Phi) is 4.39. The molecule has 102 valence electrons. The van der Waals surface area contributed by atoms with E-state index in [1.165, 1.54) is 4.90 Å². The van der Waals surface area contributed by atoms with Crippen LogP contribution in [0.1, 0.15) is 5.56 Å². The molecule has 0 aromatic heterocycles. The van der Waals surface area contributed by atoms with E-state index in [-0.39, 0.29) is 18.9 Å². The van der Waals surface area contributed by atoms with Gasteiger partial charge in [-0.05, 0) is 11.6 Å². The molecular weight excluding hydrogens is 268 g/mol. The number of rotatable bonds is 3. The largest absolute Gasteiger partial charge is 0.480 e. The second kappa shape index (κ2) is 6.04. The molecule has 0 spiro atoms. The maximum atomic E-state index is 12.2. The number of hydrogen-bond donors (Lipinski definition) is 2. The molecule has 2 rings (SSSR count). The molecule has 1 amide bonds. The summed E-state index contributed by atoms with van der Waals surface area (Å²) in [7, 11) is 0. The molecule has 0 saturated carbocycles. The average Bonchev–Trinajstić information content (AvgIpc) is 2.41. The first-order valence-electron chi connectivity index (χ1n) is 6.06. The summed E-state index contributed by atoms with van der Waals surface area (Å²) in [5.74, 6) is -1.19. The van der Waals surface area contributed by atoms with Crippen LogP contribution in [-0.2, 0) is 16.0 Å². The highest BCUT2D eigenvalue weighted by molar-refractivity contribution is 6.31. The first-order chi connectivity index (χ1) is 9.09. The van der Waals surface area contributed by atoms with Gasteiger partial charge in [-0.25, -0.2) is 4.79 Å². The van der Waals surface area contributed by atoms with Crippen molar-refractivity contribution in [3.8, 4) is 0 Å². The topological polar surface area (TPSA) is 69.6 Å². The van der Waals surface area contributed by atoms with E-state index >= 15 is 0 Å². The summed E-state index contributed by atoms with van der Waals surface area (Å²) in [5.41, 5.74) is 0.719. The number of aliphatic carboxylic acids is 1. The summed E-state index contributed by atoms with van der Waals surface area (Å²) in [6.07, 6.45) is 0.128. The van der Waals surface area contributed by atoms with Crippen molar-refractivity contribution in [3.05, 3.63) is 34.9 Å². The lowest BCUT2D eigenvalue weighted by molar-refractivity contribution is -0.150. The number of carbonyl (C=O) groups excluding carboxylic acids is 1. The summed E-state index contributed by atoms with van der Waals surface area (Å²) in [6, 6.07) is 6.29. The molecule has 1 aromatic rings. The fourth-order valence-electron chi connectivity index (χ4n) is 2.13. The van der Waals surface area contributed by atoms with Gasteiger partial charge in [-0.3, -0.25) is 4.79 Å². The number of carboxylic acid groups (broad SMARTS) is 1. The lowest BCUT2D eigenvalue weighted by atomic mass is 10.1. The Labute approximate surface area is 116 Å². The predicted octanol–water partition coefficient (Wildman–Crippen LogP) is 0.768. The lowest BCUT2D eigenvalue weighted by Gasteiger charge is -2.33. The zero-order valence-electron chi connectivity index (χ0n) is 10.3. The fourth-order valence-corrected chi connectivity index (χ4v) is 2.33. The quantitative estimate of drug-likeness (QED) is 0.859. The van der Waals surface area contributed by atoms with E-state index in [4.69, 9.17) is 16.7 Å². The minimum Gasteiger partial charge on any atom is -0.480 e. The van der Waals surface area contributed by atoms with Gasteiger partial charge in [0.1, 0.15) is 6.04 Å². The standard InChI is InChI=1S/C13H15ClN2O3/c14-10-4-2-1-3-9(10)7-12(17)16-6-5-15-8-11(16)13(18)19/h1-4,11,15H,5-8H2,(H,18,19). The number of benzene rings is 1. The average molecular weight is 283 g/mol. The molecule has 1 aromatic carbocycles. The van der Waals surface area contributed by atoms with Crippen molar-refractivity contribution in [3.63, 3.8) is 0 Å².